The van der Waals surface area contributed by atoms with Crippen LogP contribution >= 0.6 is 0 Å². The maximum atomic E-state index is 11.8. The molecule has 3 atom stereocenters. The number of amides is 2. The third-order valence-corrected chi connectivity index (χ3v) is 3.56. The van der Waals surface area contributed by atoms with Gasteiger partial charge < -0.3 is 24.9 Å². The minimum atomic E-state index is -1.23. The number of furan rings is 1. The highest BCUT2D eigenvalue weighted by atomic mass is 16.5. The Balaban J connectivity index is 1.83. The first-order chi connectivity index (χ1) is 9.38. The monoisotopic (exact) mass is 282 g/mol. The molecular formula is C14H22N2O4. The van der Waals surface area contributed by atoms with Crippen molar-refractivity contribution in [1.82, 2.24) is 10.6 Å². The van der Waals surface area contributed by atoms with Gasteiger partial charge in [-0.25, -0.2) is 4.79 Å². The van der Waals surface area contributed by atoms with E-state index in [-0.39, 0.29) is 24.7 Å². The smallest absolute Gasteiger partial charge is 0.315 e. The maximum Gasteiger partial charge on any atom is 0.315 e. The highest BCUT2D eigenvalue weighted by Gasteiger charge is 2.29. The summed E-state index contributed by atoms with van der Waals surface area (Å²) in [5.41, 5.74) is -1.23. The Bertz CT molecular complexity index is 469. The van der Waals surface area contributed by atoms with Crippen molar-refractivity contribution in [2.45, 2.75) is 44.9 Å². The van der Waals surface area contributed by atoms with Crippen LogP contribution < -0.4 is 10.6 Å². The lowest BCUT2D eigenvalue weighted by Gasteiger charge is -2.23. The predicted octanol–water partition coefficient (Wildman–Crippen LogP) is 1.27. The Kier molecular flexibility index (Phi) is 4.35. The average molecular weight is 282 g/mol. The molecule has 0 bridgehead atoms. The molecule has 6 nitrogen and oxygen atoms in total. The van der Waals surface area contributed by atoms with Crippen LogP contribution in [0.5, 0.6) is 0 Å². The van der Waals surface area contributed by atoms with Gasteiger partial charge in [0.1, 0.15) is 17.1 Å². The molecule has 1 fully saturated rings. The van der Waals surface area contributed by atoms with Gasteiger partial charge in [0.2, 0.25) is 0 Å². The highest BCUT2D eigenvalue weighted by molar-refractivity contribution is 5.74. The van der Waals surface area contributed by atoms with Gasteiger partial charge in [0.05, 0.1) is 18.7 Å². The SMILES string of the molecule is Cc1ccc(C(C)(O)CNC(=O)NC2CCOC2C)o1. The minimum absolute atomic E-state index is 0.0193. The molecule has 0 aliphatic carbocycles. The van der Waals surface area contributed by atoms with E-state index >= 15 is 0 Å². The largest absolute Gasteiger partial charge is 0.463 e. The summed E-state index contributed by atoms with van der Waals surface area (Å²) in [6, 6.07) is 3.20. The minimum Gasteiger partial charge on any atom is -0.463 e. The maximum absolute atomic E-state index is 11.8. The van der Waals surface area contributed by atoms with E-state index in [0.29, 0.717) is 12.4 Å². The lowest BCUT2D eigenvalue weighted by Crippen LogP contribution is -2.48. The van der Waals surface area contributed by atoms with Crippen molar-refractivity contribution >= 4 is 6.03 Å². The second-order valence-electron chi connectivity index (χ2n) is 5.48. The number of carbonyl (C=O) groups excluding carboxylic acids is 1. The standard InChI is InChI=1S/C14H22N2O4/c1-9-4-5-12(20-9)14(3,18)8-15-13(17)16-11-6-7-19-10(11)2/h4-5,10-11,18H,6-8H2,1-3H3,(H2,15,16,17). The molecule has 0 spiro atoms. The molecule has 2 rings (SSSR count). The zero-order chi connectivity index (χ0) is 14.8. The summed E-state index contributed by atoms with van der Waals surface area (Å²) in [6.45, 7) is 6.08. The molecule has 1 aliphatic heterocycles. The molecule has 1 saturated heterocycles. The summed E-state index contributed by atoms with van der Waals surface area (Å²) in [5, 5.41) is 15.8. The quantitative estimate of drug-likeness (QED) is 0.776. The first-order valence-electron chi connectivity index (χ1n) is 6.84. The van der Waals surface area contributed by atoms with Gasteiger partial charge in [-0.05, 0) is 39.3 Å². The molecule has 20 heavy (non-hydrogen) atoms. The van der Waals surface area contributed by atoms with Crippen LogP contribution in [0.2, 0.25) is 0 Å². The molecule has 3 N–H and O–H groups in total. The van der Waals surface area contributed by atoms with Crippen LogP contribution in [0, 0.1) is 6.92 Å². The zero-order valence-electron chi connectivity index (χ0n) is 12.1. The molecule has 112 valence electrons. The van der Waals surface area contributed by atoms with Crippen LogP contribution in [0.15, 0.2) is 16.5 Å². The van der Waals surface area contributed by atoms with Crippen molar-refractivity contribution in [2.75, 3.05) is 13.2 Å². The molecule has 0 radical (unpaired) electrons. The number of carbonyl (C=O) groups is 1. The fourth-order valence-electron chi connectivity index (χ4n) is 2.20. The van der Waals surface area contributed by atoms with Crippen LogP contribution in [-0.2, 0) is 10.3 Å². The van der Waals surface area contributed by atoms with E-state index in [4.69, 9.17) is 9.15 Å². The Morgan fingerprint density at radius 1 is 1.55 bits per heavy atom. The van der Waals surface area contributed by atoms with Gasteiger partial charge in [0.15, 0.2) is 0 Å². The van der Waals surface area contributed by atoms with Crippen molar-refractivity contribution in [3.05, 3.63) is 23.7 Å². The zero-order valence-corrected chi connectivity index (χ0v) is 12.1. The van der Waals surface area contributed by atoms with Crippen molar-refractivity contribution in [2.24, 2.45) is 0 Å². The Morgan fingerprint density at radius 3 is 2.85 bits per heavy atom. The summed E-state index contributed by atoms with van der Waals surface area (Å²) in [6.07, 6.45) is 0.830. The Labute approximate surface area is 118 Å². The molecule has 0 aromatic carbocycles. The molecule has 2 heterocycles. The van der Waals surface area contributed by atoms with Crippen molar-refractivity contribution in [3.63, 3.8) is 0 Å². The van der Waals surface area contributed by atoms with Crippen LogP contribution in [0.4, 0.5) is 4.79 Å². The van der Waals surface area contributed by atoms with E-state index in [1.807, 2.05) is 6.92 Å². The van der Waals surface area contributed by atoms with Crippen molar-refractivity contribution in [1.29, 1.82) is 0 Å². The third kappa shape index (κ3) is 3.52. The first kappa shape index (κ1) is 14.9. The highest BCUT2D eigenvalue weighted by Crippen LogP contribution is 2.21. The molecule has 6 heteroatoms. The lowest BCUT2D eigenvalue weighted by molar-refractivity contribution is 0.0357. The summed E-state index contributed by atoms with van der Waals surface area (Å²) >= 11 is 0. The van der Waals surface area contributed by atoms with Gasteiger partial charge >= 0.3 is 6.03 Å². The number of hydrogen-bond acceptors (Lipinski definition) is 4. The average Bonchev–Trinajstić information content (AvgIpc) is 2.97. The molecule has 1 aromatic heterocycles. The van der Waals surface area contributed by atoms with Crippen LogP contribution in [0.1, 0.15) is 31.8 Å². The lowest BCUT2D eigenvalue weighted by atomic mass is 10.0. The topological polar surface area (TPSA) is 83.7 Å². The number of aliphatic hydroxyl groups is 1. The number of urea groups is 1. The molecule has 0 saturated carbocycles. The van der Waals surface area contributed by atoms with E-state index in [0.717, 1.165) is 12.2 Å². The summed E-state index contributed by atoms with van der Waals surface area (Å²) in [5.74, 6) is 1.16. The molecule has 1 aromatic rings. The van der Waals surface area contributed by atoms with Gasteiger partial charge in [-0.3, -0.25) is 0 Å². The second kappa shape index (κ2) is 5.85. The van der Waals surface area contributed by atoms with E-state index in [9.17, 15) is 9.90 Å². The predicted molar refractivity (Wildman–Crippen MR) is 73.4 cm³/mol. The van der Waals surface area contributed by atoms with E-state index in [1.165, 1.54) is 0 Å². The molecule has 3 unspecified atom stereocenters. The van der Waals surface area contributed by atoms with Gasteiger partial charge in [-0.2, -0.15) is 0 Å². The van der Waals surface area contributed by atoms with Gasteiger partial charge in [-0.15, -0.1) is 0 Å². The van der Waals surface area contributed by atoms with E-state index in [2.05, 4.69) is 10.6 Å². The number of ether oxygens (including phenoxy) is 1. The number of rotatable bonds is 4. The summed E-state index contributed by atoms with van der Waals surface area (Å²) < 4.78 is 10.8. The number of aryl methyl sites for hydroxylation is 1. The van der Waals surface area contributed by atoms with E-state index in [1.54, 1.807) is 26.0 Å². The summed E-state index contributed by atoms with van der Waals surface area (Å²) in [7, 11) is 0. The van der Waals surface area contributed by atoms with Crippen LogP contribution in [0.3, 0.4) is 0 Å². The van der Waals surface area contributed by atoms with E-state index < -0.39 is 5.60 Å². The van der Waals surface area contributed by atoms with Gasteiger partial charge in [-0.1, -0.05) is 0 Å². The fraction of sp³-hybridized carbons (Fsp3) is 0.643. The van der Waals surface area contributed by atoms with Gasteiger partial charge in [0, 0.05) is 6.61 Å². The van der Waals surface area contributed by atoms with Crippen molar-refractivity contribution in [3.8, 4) is 0 Å². The molecule has 2 amide bonds. The third-order valence-electron chi connectivity index (χ3n) is 3.56. The Morgan fingerprint density at radius 2 is 2.30 bits per heavy atom. The number of hydrogen-bond donors (Lipinski definition) is 3. The molecule has 1 aliphatic rings. The Hall–Kier alpha value is -1.53. The second-order valence-corrected chi connectivity index (χ2v) is 5.48. The van der Waals surface area contributed by atoms with Crippen molar-refractivity contribution < 1.29 is 19.1 Å². The first-order valence-corrected chi connectivity index (χ1v) is 6.84. The number of nitrogens with one attached hydrogen (secondary N) is 2. The molecular weight excluding hydrogens is 260 g/mol. The van der Waals surface area contributed by atoms with Crippen LogP contribution in [0.25, 0.3) is 0 Å². The summed E-state index contributed by atoms with van der Waals surface area (Å²) in [4.78, 5) is 11.8. The fourth-order valence-corrected chi connectivity index (χ4v) is 2.20. The normalized spacial score (nSPS) is 25.2. The van der Waals surface area contributed by atoms with Gasteiger partial charge in [0.25, 0.3) is 0 Å². The van der Waals surface area contributed by atoms with Crippen LogP contribution in [-0.4, -0.2) is 36.4 Å².